The zero-order chi connectivity index (χ0) is 17.8. The van der Waals surface area contributed by atoms with Gasteiger partial charge in [0, 0.05) is 30.3 Å². The highest BCUT2D eigenvalue weighted by Crippen LogP contribution is 2.38. The summed E-state index contributed by atoms with van der Waals surface area (Å²) in [7, 11) is 0. The molecule has 2 aromatic carbocycles. The van der Waals surface area contributed by atoms with Crippen molar-refractivity contribution < 1.29 is 4.39 Å². The van der Waals surface area contributed by atoms with Gasteiger partial charge in [0.25, 0.3) is 0 Å². The van der Waals surface area contributed by atoms with Crippen molar-refractivity contribution in [1.29, 1.82) is 0 Å². The number of imidazole rings is 1. The zero-order valence-electron chi connectivity index (χ0n) is 14.4. The maximum Gasteiger partial charge on any atom is 0.144 e. The van der Waals surface area contributed by atoms with E-state index in [4.69, 9.17) is 16.6 Å². The van der Waals surface area contributed by atoms with Crippen molar-refractivity contribution in [2.45, 2.75) is 32.9 Å². The molecule has 0 bridgehead atoms. The Morgan fingerprint density at radius 2 is 2.04 bits per heavy atom. The van der Waals surface area contributed by atoms with E-state index in [0.717, 1.165) is 59.8 Å². The Kier molecular flexibility index (Phi) is 3.50. The number of benzene rings is 2. The molecule has 26 heavy (non-hydrogen) atoms. The van der Waals surface area contributed by atoms with Gasteiger partial charge in [0.05, 0.1) is 23.0 Å². The number of nitrogens with zero attached hydrogens (tertiary/aromatic N) is 3. The first-order chi connectivity index (χ1) is 12.6. The zero-order valence-corrected chi connectivity index (χ0v) is 15.1. The second kappa shape index (κ2) is 5.78. The molecular formula is C21H17ClFN3. The van der Waals surface area contributed by atoms with Gasteiger partial charge < -0.3 is 4.57 Å². The molecule has 0 unspecified atom stereocenters. The van der Waals surface area contributed by atoms with Crippen molar-refractivity contribution >= 4 is 17.8 Å². The van der Waals surface area contributed by atoms with Crippen LogP contribution in [0.15, 0.2) is 35.3 Å². The Labute approximate surface area is 156 Å². The summed E-state index contributed by atoms with van der Waals surface area (Å²) < 4.78 is 16.3. The molecule has 0 saturated heterocycles. The first-order valence-electron chi connectivity index (χ1n) is 8.80. The maximum atomic E-state index is 14.0. The number of aliphatic imine (C=N–C) groups is 1. The normalized spacial score (nSPS) is 14.7. The third-order valence-corrected chi connectivity index (χ3v) is 5.50. The van der Waals surface area contributed by atoms with E-state index in [9.17, 15) is 4.39 Å². The Morgan fingerprint density at radius 1 is 1.15 bits per heavy atom. The third kappa shape index (κ3) is 2.32. The maximum absolute atomic E-state index is 14.0. The number of hydrogen-bond donors (Lipinski definition) is 0. The molecule has 0 saturated carbocycles. The lowest BCUT2D eigenvalue weighted by Gasteiger charge is -2.11. The molecule has 130 valence electrons. The van der Waals surface area contributed by atoms with E-state index in [1.807, 2.05) is 12.3 Å². The molecule has 3 aromatic rings. The first kappa shape index (κ1) is 15.8. The van der Waals surface area contributed by atoms with Gasteiger partial charge in [-0.3, -0.25) is 4.99 Å². The minimum atomic E-state index is -0.363. The minimum Gasteiger partial charge on any atom is -0.327 e. The predicted octanol–water partition coefficient (Wildman–Crippen LogP) is 5.20. The van der Waals surface area contributed by atoms with Crippen LogP contribution in [0.25, 0.3) is 22.5 Å². The second-order valence-corrected chi connectivity index (χ2v) is 7.36. The van der Waals surface area contributed by atoms with Crippen LogP contribution < -0.4 is 0 Å². The lowest BCUT2D eigenvalue weighted by molar-refractivity contribution is 0.619. The van der Waals surface area contributed by atoms with Crippen molar-refractivity contribution in [1.82, 2.24) is 9.55 Å². The molecule has 3 nitrogen and oxygen atoms in total. The molecule has 0 spiro atoms. The molecule has 0 atom stereocenters. The van der Waals surface area contributed by atoms with Crippen LogP contribution in [0, 0.1) is 12.7 Å². The SMILES string of the molecule is Cc1cc(-c2nc3n(c2-c2ccc4c(c2)C=NC4)CCC3)cc(Cl)c1F. The third-order valence-electron chi connectivity index (χ3n) is 5.22. The van der Waals surface area contributed by atoms with Crippen molar-refractivity contribution in [3.63, 3.8) is 0 Å². The monoisotopic (exact) mass is 365 g/mol. The Hall–Kier alpha value is -2.46. The van der Waals surface area contributed by atoms with Gasteiger partial charge in [0.1, 0.15) is 11.6 Å². The molecule has 0 N–H and O–H groups in total. The molecule has 0 fully saturated rings. The highest BCUT2D eigenvalue weighted by atomic mass is 35.5. The summed E-state index contributed by atoms with van der Waals surface area (Å²) in [4.78, 5) is 9.24. The molecule has 5 rings (SSSR count). The molecule has 0 radical (unpaired) electrons. The Morgan fingerprint density at radius 3 is 2.88 bits per heavy atom. The van der Waals surface area contributed by atoms with Crippen molar-refractivity contribution in [2.75, 3.05) is 0 Å². The van der Waals surface area contributed by atoms with Gasteiger partial charge in [-0.15, -0.1) is 0 Å². The number of hydrogen-bond acceptors (Lipinski definition) is 2. The smallest absolute Gasteiger partial charge is 0.144 e. The van der Waals surface area contributed by atoms with E-state index >= 15 is 0 Å². The predicted molar refractivity (Wildman–Crippen MR) is 102 cm³/mol. The summed E-state index contributed by atoms with van der Waals surface area (Å²) in [5.74, 6) is 0.722. The van der Waals surface area contributed by atoms with Crippen molar-refractivity contribution in [3.05, 3.63) is 63.7 Å². The van der Waals surface area contributed by atoms with Crippen LogP contribution in [-0.2, 0) is 19.5 Å². The van der Waals surface area contributed by atoms with Gasteiger partial charge in [0.2, 0.25) is 0 Å². The van der Waals surface area contributed by atoms with Crippen LogP contribution in [0.5, 0.6) is 0 Å². The summed E-state index contributed by atoms with van der Waals surface area (Å²) in [6, 6.07) is 9.96. The number of aryl methyl sites for hydroxylation is 2. The summed E-state index contributed by atoms with van der Waals surface area (Å²) in [6.07, 6.45) is 4.00. The lowest BCUT2D eigenvalue weighted by Crippen LogP contribution is -1.98. The largest absolute Gasteiger partial charge is 0.327 e. The summed E-state index contributed by atoms with van der Waals surface area (Å²) in [5, 5.41) is 0.139. The van der Waals surface area contributed by atoms with Gasteiger partial charge in [-0.05, 0) is 48.2 Å². The van der Waals surface area contributed by atoms with Crippen LogP contribution in [0.4, 0.5) is 4.39 Å². The highest BCUT2D eigenvalue weighted by molar-refractivity contribution is 6.31. The van der Waals surface area contributed by atoms with E-state index < -0.39 is 0 Å². The quantitative estimate of drug-likeness (QED) is 0.614. The average molecular weight is 366 g/mol. The molecule has 1 aromatic heterocycles. The van der Waals surface area contributed by atoms with E-state index in [2.05, 4.69) is 27.8 Å². The number of halogens is 2. The topological polar surface area (TPSA) is 30.2 Å². The minimum absolute atomic E-state index is 0.139. The summed E-state index contributed by atoms with van der Waals surface area (Å²) >= 11 is 6.11. The molecule has 2 aliphatic rings. The standard InChI is InChI=1S/C21H17ClFN3/c1-12-7-15(9-17(22)19(12)23)20-21(26-6-2-3-18(26)25-20)13-4-5-14-10-24-11-16(14)8-13/h4-5,7-9,11H,2-3,6,10H2,1H3. The summed E-state index contributed by atoms with van der Waals surface area (Å²) in [5.41, 5.74) is 6.88. The van der Waals surface area contributed by atoms with E-state index in [1.165, 1.54) is 5.56 Å². The Bertz CT molecular complexity index is 1060. The lowest BCUT2D eigenvalue weighted by atomic mass is 9.99. The van der Waals surface area contributed by atoms with Gasteiger partial charge in [-0.1, -0.05) is 23.7 Å². The first-order valence-corrected chi connectivity index (χ1v) is 9.18. The fourth-order valence-corrected chi connectivity index (χ4v) is 4.20. The molecule has 0 amide bonds. The molecule has 0 aliphatic carbocycles. The van der Waals surface area contributed by atoms with Gasteiger partial charge in [-0.2, -0.15) is 0 Å². The molecule has 2 aliphatic heterocycles. The van der Waals surface area contributed by atoms with Crippen molar-refractivity contribution in [2.24, 2.45) is 4.99 Å². The van der Waals surface area contributed by atoms with E-state index in [1.54, 1.807) is 13.0 Å². The van der Waals surface area contributed by atoms with Crippen LogP contribution >= 0.6 is 11.6 Å². The molecular weight excluding hydrogens is 349 g/mol. The van der Waals surface area contributed by atoms with E-state index in [0.29, 0.717) is 5.56 Å². The number of aromatic nitrogens is 2. The fraction of sp³-hybridized carbons (Fsp3) is 0.238. The second-order valence-electron chi connectivity index (χ2n) is 6.95. The van der Waals surface area contributed by atoms with Gasteiger partial charge >= 0.3 is 0 Å². The fourth-order valence-electron chi connectivity index (χ4n) is 3.93. The van der Waals surface area contributed by atoms with Crippen LogP contribution in [0.1, 0.15) is 28.9 Å². The summed E-state index contributed by atoms with van der Waals surface area (Å²) in [6.45, 7) is 3.44. The molecule has 5 heteroatoms. The van der Waals surface area contributed by atoms with E-state index in [-0.39, 0.29) is 10.8 Å². The average Bonchev–Trinajstić information content (AvgIpc) is 3.33. The number of rotatable bonds is 2. The Balaban J connectivity index is 1.74. The van der Waals surface area contributed by atoms with Gasteiger partial charge in [0.15, 0.2) is 0 Å². The van der Waals surface area contributed by atoms with Crippen molar-refractivity contribution in [3.8, 4) is 22.5 Å². The van der Waals surface area contributed by atoms with Crippen LogP contribution in [0.3, 0.4) is 0 Å². The van der Waals surface area contributed by atoms with Gasteiger partial charge in [-0.25, -0.2) is 9.37 Å². The van der Waals surface area contributed by atoms with Crippen LogP contribution in [-0.4, -0.2) is 15.8 Å². The molecule has 3 heterocycles. The van der Waals surface area contributed by atoms with Crippen LogP contribution in [0.2, 0.25) is 5.02 Å². The highest BCUT2D eigenvalue weighted by Gasteiger charge is 2.24. The number of fused-ring (bicyclic) bond motifs is 2.